The molecule has 0 spiro atoms. The summed E-state index contributed by atoms with van der Waals surface area (Å²) in [5.74, 6) is 2.27. The van der Waals surface area contributed by atoms with E-state index in [4.69, 9.17) is 26.1 Å². The lowest BCUT2D eigenvalue weighted by atomic mass is 10.1. The first kappa shape index (κ1) is 21.1. The highest BCUT2D eigenvalue weighted by Crippen LogP contribution is 2.38. The molecule has 0 aliphatic carbocycles. The lowest BCUT2D eigenvalue weighted by molar-refractivity contribution is 0.171. The zero-order chi connectivity index (χ0) is 20.8. The molecule has 1 saturated heterocycles. The van der Waals surface area contributed by atoms with Crippen LogP contribution in [0.25, 0.3) is 0 Å². The number of anilines is 1. The fourth-order valence-electron chi connectivity index (χ4n) is 3.81. The maximum atomic E-state index is 6.35. The Morgan fingerprint density at radius 2 is 2.10 bits per heavy atom. The van der Waals surface area contributed by atoms with E-state index in [0.717, 1.165) is 56.2 Å². The van der Waals surface area contributed by atoms with Gasteiger partial charge < -0.3 is 25.0 Å². The number of halogens is 1. The quantitative estimate of drug-likeness (QED) is 0.517. The molecule has 162 valence electrons. The Kier molecular flexibility index (Phi) is 7.23. The van der Waals surface area contributed by atoms with Gasteiger partial charge >= 0.3 is 0 Å². The molecule has 0 radical (unpaired) electrons. The van der Waals surface area contributed by atoms with Crippen LogP contribution in [0.2, 0.25) is 5.02 Å². The van der Waals surface area contributed by atoms with E-state index in [2.05, 4.69) is 40.0 Å². The second kappa shape index (κ2) is 10.3. The summed E-state index contributed by atoms with van der Waals surface area (Å²) in [6.45, 7) is 6.87. The van der Waals surface area contributed by atoms with Crippen LogP contribution in [-0.4, -0.2) is 51.4 Å². The molecular formula is C22H29ClN4O2S. The third-order valence-electron chi connectivity index (χ3n) is 5.32. The molecule has 8 heteroatoms. The normalized spacial score (nSPS) is 17.1. The first-order valence-corrected chi connectivity index (χ1v) is 11.9. The van der Waals surface area contributed by atoms with E-state index in [9.17, 15) is 0 Å². The van der Waals surface area contributed by atoms with Crippen LogP contribution in [0, 0.1) is 0 Å². The Morgan fingerprint density at radius 1 is 1.27 bits per heavy atom. The van der Waals surface area contributed by atoms with Crippen LogP contribution >= 0.6 is 22.9 Å². The van der Waals surface area contributed by atoms with E-state index >= 15 is 0 Å². The highest BCUT2D eigenvalue weighted by atomic mass is 35.5. The van der Waals surface area contributed by atoms with Crippen LogP contribution in [0.5, 0.6) is 11.5 Å². The summed E-state index contributed by atoms with van der Waals surface area (Å²) in [6, 6.07) is 8.73. The number of hydrogen-bond donors (Lipinski definition) is 2. The van der Waals surface area contributed by atoms with Crippen molar-refractivity contribution in [1.82, 2.24) is 10.6 Å². The molecule has 0 amide bonds. The van der Waals surface area contributed by atoms with Crippen molar-refractivity contribution in [3.8, 4) is 11.5 Å². The minimum Gasteiger partial charge on any atom is -0.486 e. The van der Waals surface area contributed by atoms with Gasteiger partial charge in [-0.2, -0.15) is 0 Å². The minimum absolute atomic E-state index is 0.447. The van der Waals surface area contributed by atoms with Gasteiger partial charge in [0.2, 0.25) is 0 Å². The molecule has 0 unspecified atom stereocenters. The number of ether oxygens (including phenoxy) is 2. The fourth-order valence-corrected chi connectivity index (χ4v) is 4.89. The summed E-state index contributed by atoms with van der Waals surface area (Å²) < 4.78 is 11.3. The van der Waals surface area contributed by atoms with Crippen LogP contribution in [0.15, 0.2) is 34.6 Å². The largest absolute Gasteiger partial charge is 0.486 e. The number of fused-ring (bicyclic) bond motifs is 1. The number of guanidine groups is 1. The van der Waals surface area contributed by atoms with Crippen molar-refractivity contribution < 1.29 is 9.47 Å². The van der Waals surface area contributed by atoms with Gasteiger partial charge in [0.1, 0.15) is 13.2 Å². The van der Waals surface area contributed by atoms with E-state index in [1.165, 1.54) is 5.00 Å². The smallest absolute Gasteiger partial charge is 0.191 e. The number of rotatable bonds is 6. The molecule has 6 nitrogen and oxygen atoms in total. The molecule has 2 aliphatic heterocycles. The fraction of sp³-hybridized carbons (Fsp3) is 0.500. The van der Waals surface area contributed by atoms with E-state index < -0.39 is 0 Å². The van der Waals surface area contributed by atoms with E-state index in [1.807, 2.05) is 23.5 Å². The van der Waals surface area contributed by atoms with Crippen molar-refractivity contribution in [2.45, 2.75) is 32.2 Å². The third kappa shape index (κ3) is 5.32. The SMILES string of the molecule is CCNC(=NCCc1cc(Cl)c2c(c1)OCCO2)NC1CCN(c2cccs2)CC1. The van der Waals surface area contributed by atoms with Crippen molar-refractivity contribution >= 4 is 33.9 Å². The maximum absolute atomic E-state index is 6.35. The topological polar surface area (TPSA) is 58.1 Å². The molecule has 2 aliphatic rings. The lowest BCUT2D eigenvalue weighted by Gasteiger charge is -2.33. The molecule has 4 rings (SSSR count). The highest BCUT2D eigenvalue weighted by molar-refractivity contribution is 7.14. The van der Waals surface area contributed by atoms with Gasteiger partial charge in [-0.05, 0) is 61.4 Å². The molecular weight excluding hydrogens is 420 g/mol. The van der Waals surface area contributed by atoms with E-state index in [0.29, 0.717) is 36.6 Å². The lowest BCUT2D eigenvalue weighted by Crippen LogP contribution is -2.48. The number of benzene rings is 1. The number of nitrogens with zero attached hydrogens (tertiary/aromatic N) is 2. The molecule has 0 atom stereocenters. The van der Waals surface area contributed by atoms with Crippen molar-refractivity contribution in [2.24, 2.45) is 4.99 Å². The number of aliphatic imine (C=N–C) groups is 1. The van der Waals surface area contributed by atoms with Gasteiger partial charge in [0.05, 0.1) is 10.0 Å². The first-order chi connectivity index (χ1) is 14.7. The summed E-state index contributed by atoms with van der Waals surface area (Å²) in [7, 11) is 0. The van der Waals surface area contributed by atoms with Crippen molar-refractivity contribution in [1.29, 1.82) is 0 Å². The standard InChI is InChI=1S/C22H29ClN4O2S/c1-2-24-22(26-17-6-9-27(10-7-17)20-4-3-13-30-20)25-8-5-16-14-18(23)21-19(15-16)28-11-12-29-21/h3-4,13-15,17H,2,5-12H2,1H3,(H2,24,25,26). The zero-order valence-electron chi connectivity index (χ0n) is 17.3. The van der Waals surface area contributed by atoms with E-state index in [-0.39, 0.29) is 0 Å². The first-order valence-electron chi connectivity index (χ1n) is 10.6. The molecule has 3 heterocycles. The summed E-state index contributed by atoms with van der Waals surface area (Å²) in [4.78, 5) is 7.25. The average molecular weight is 449 g/mol. The molecule has 30 heavy (non-hydrogen) atoms. The summed E-state index contributed by atoms with van der Waals surface area (Å²) >= 11 is 8.16. The molecule has 0 saturated carbocycles. The average Bonchev–Trinajstić information content (AvgIpc) is 3.29. The van der Waals surface area contributed by atoms with Gasteiger partial charge in [-0.15, -0.1) is 11.3 Å². The number of hydrogen-bond acceptors (Lipinski definition) is 5. The minimum atomic E-state index is 0.447. The molecule has 2 aromatic rings. The zero-order valence-corrected chi connectivity index (χ0v) is 18.9. The monoisotopic (exact) mass is 448 g/mol. The Hall–Kier alpha value is -2.12. The van der Waals surface area contributed by atoms with Crippen LogP contribution < -0.4 is 25.0 Å². The van der Waals surface area contributed by atoms with Gasteiger partial charge in [0, 0.05) is 32.2 Å². The van der Waals surface area contributed by atoms with Crippen molar-refractivity contribution in [3.63, 3.8) is 0 Å². The second-order valence-corrected chi connectivity index (χ2v) is 8.80. The Balaban J connectivity index is 1.30. The Labute approximate surface area is 187 Å². The maximum Gasteiger partial charge on any atom is 0.191 e. The molecule has 2 N–H and O–H groups in total. The van der Waals surface area contributed by atoms with Gasteiger partial charge in [0.15, 0.2) is 17.5 Å². The van der Waals surface area contributed by atoms with Crippen molar-refractivity contribution in [2.75, 3.05) is 44.3 Å². The van der Waals surface area contributed by atoms with Gasteiger partial charge in [-0.1, -0.05) is 11.6 Å². The predicted octanol–water partition coefficient (Wildman–Crippen LogP) is 3.94. The van der Waals surface area contributed by atoms with Crippen LogP contribution in [0.3, 0.4) is 0 Å². The highest BCUT2D eigenvalue weighted by Gasteiger charge is 2.21. The van der Waals surface area contributed by atoms with Gasteiger partial charge in [0.25, 0.3) is 0 Å². The van der Waals surface area contributed by atoms with Crippen molar-refractivity contribution in [3.05, 3.63) is 40.2 Å². The Bertz CT molecular complexity index is 851. The number of piperidine rings is 1. The molecule has 0 bridgehead atoms. The predicted molar refractivity (Wildman–Crippen MR) is 125 cm³/mol. The van der Waals surface area contributed by atoms with Crippen LogP contribution in [0.1, 0.15) is 25.3 Å². The molecule has 1 aromatic carbocycles. The van der Waals surface area contributed by atoms with Crippen LogP contribution in [0.4, 0.5) is 5.00 Å². The van der Waals surface area contributed by atoms with Crippen LogP contribution in [-0.2, 0) is 6.42 Å². The number of nitrogens with one attached hydrogen (secondary N) is 2. The van der Waals surface area contributed by atoms with Gasteiger partial charge in [-0.3, -0.25) is 4.99 Å². The molecule has 1 aromatic heterocycles. The van der Waals surface area contributed by atoms with Gasteiger partial charge in [-0.25, -0.2) is 0 Å². The van der Waals surface area contributed by atoms with E-state index in [1.54, 1.807) is 0 Å². The molecule has 1 fully saturated rings. The second-order valence-electron chi connectivity index (χ2n) is 7.47. The summed E-state index contributed by atoms with van der Waals surface area (Å²) in [5, 5.41) is 11.1. The number of thiophene rings is 1. The Morgan fingerprint density at radius 3 is 2.87 bits per heavy atom. The summed E-state index contributed by atoms with van der Waals surface area (Å²) in [6.07, 6.45) is 3.02. The summed E-state index contributed by atoms with van der Waals surface area (Å²) in [5.41, 5.74) is 1.10. The third-order valence-corrected chi connectivity index (χ3v) is 6.53.